The molecule has 0 atom stereocenters. The van der Waals surface area contributed by atoms with Crippen LogP contribution >= 0.6 is 0 Å². The first-order valence-corrected chi connectivity index (χ1v) is 9.31. The summed E-state index contributed by atoms with van der Waals surface area (Å²) in [5, 5.41) is 0. The van der Waals surface area contributed by atoms with Crippen LogP contribution in [0.3, 0.4) is 0 Å². The summed E-state index contributed by atoms with van der Waals surface area (Å²) < 4.78 is 0. The van der Waals surface area contributed by atoms with Gasteiger partial charge in [0.2, 0.25) is 5.91 Å². The molecule has 1 aliphatic heterocycles. The van der Waals surface area contributed by atoms with Crippen LogP contribution in [0.4, 0.5) is 0 Å². The number of primary amides is 1. The standard InChI is InChI=1S/C22H20N4O3/c1-13-4-2-3-5-16(13)22(29)26-11-10-17-18(12-26)24-20(25-21(17)28)15-8-6-14(7-9-15)19(23)27/h2-9H,10-12H2,1H3,(H2,23,27)(H,24,25,28). The normalized spacial score (nSPS) is 13.1. The van der Waals surface area contributed by atoms with E-state index < -0.39 is 5.91 Å². The van der Waals surface area contributed by atoms with Crippen LogP contribution in [0.1, 0.15) is 37.5 Å². The predicted molar refractivity (Wildman–Crippen MR) is 108 cm³/mol. The van der Waals surface area contributed by atoms with Gasteiger partial charge in [-0.15, -0.1) is 0 Å². The number of fused-ring (bicyclic) bond motifs is 1. The molecular weight excluding hydrogens is 368 g/mol. The molecule has 0 saturated heterocycles. The number of hydrogen-bond donors (Lipinski definition) is 2. The molecule has 1 aromatic heterocycles. The van der Waals surface area contributed by atoms with Crippen LogP contribution in [-0.2, 0) is 13.0 Å². The Balaban J connectivity index is 1.65. The van der Waals surface area contributed by atoms with E-state index in [0.717, 1.165) is 5.56 Å². The van der Waals surface area contributed by atoms with Gasteiger partial charge in [0.05, 0.1) is 12.2 Å². The van der Waals surface area contributed by atoms with Crippen molar-refractivity contribution in [1.82, 2.24) is 14.9 Å². The van der Waals surface area contributed by atoms with Crippen molar-refractivity contribution >= 4 is 11.8 Å². The van der Waals surface area contributed by atoms with Crippen LogP contribution in [0.5, 0.6) is 0 Å². The topological polar surface area (TPSA) is 109 Å². The number of hydrogen-bond acceptors (Lipinski definition) is 4. The molecule has 146 valence electrons. The summed E-state index contributed by atoms with van der Waals surface area (Å²) in [5.41, 5.74) is 8.88. The van der Waals surface area contributed by atoms with Gasteiger partial charge in [0, 0.05) is 28.8 Å². The third-order valence-corrected chi connectivity index (χ3v) is 5.18. The summed E-state index contributed by atoms with van der Waals surface area (Å²) in [5.74, 6) is -0.188. The molecule has 29 heavy (non-hydrogen) atoms. The second kappa shape index (κ2) is 7.35. The summed E-state index contributed by atoms with van der Waals surface area (Å²) in [6.07, 6.45) is 0.455. The van der Waals surface area contributed by atoms with Gasteiger partial charge in [0.25, 0.3) is 11.5 Å². The smallest absolute Gasteiger partial charge is 0.254 e. The van der Waals surface area contributed by atoms with Crippen LogP contribution in [0.15, 0.2) is 53.3 Å². The van der Waals surface area contributed by atoms with Crippen LogP contribution < -0.4 is 11.3 Å². The number of nitrogens with two attached hydrogens (primary N) is 1. The Morgan fingerprint density at radius 1 is 1.10 bits per heavy atom. The number of aryl methyl sites for hydroxylation is 1. The minimum atomic E-state index is -0.520. The Kier molecular flexibility index (Phi) is 4.72. The van der Waals surface area contributed by atoms with E-state index in [9.17, 15) is 14.4 Å². The van der Waals surface area contributed by atoms with Gasteiger partial charge in [-0.2, -0.15) is 0 Å². The minimum Gasteiger partial charge on any atom is -0.366 e. The minimum absolute atomic E-state index is 0.0665. The number of carbonyl (C=O) groups excluding carboxylic acids is 2. The molecule has 3 aromatic rings. The molecule has 4 rings (SSSR count). The molecule has 0 unspecified atom stereocenters. The average molecular weight is 388 g/mol. The highest BCUT2D eigenvalue weighted by molar-refractivity contribution is 5.95. The highest BCUT2D eigenvalue weighted by Crippen LogP contribution is 2.21. The Hall–Kier alpha value is -3.74. The van der Waals surface area contributed by atoms with Gasteiger partial charge in [-0.1, -0.05) is 30.3 Å². The fourth-order valence-electron chi connectivity index (χ4n) is 3.53. The van der Waals surface area contributed by atoms with Gasteiger partial charge >= 0.3 is 0 Å². The van der Waals surface area contributed by atoms with Gasteiger partial charge < -0.3 is 15.6 Å². The Bertz CT molecular complexity index is 1170. The predicted octanol–water partition coefficient (Wildman–Crippen LogP) is 2.04. The van der Waals surface area contributed by atoms with E-state index >= 15 is 0 Å². The zero-order valence-electron chi connectivity index (χ0n) is 15.9. The molecule has 0 saturated carbocycles. The third kappa shape index (κ3) is 3.54. The molecule has 7 nitrogen and oxygen atoms in total. The number of H-pyrrole nitrogens is 1. The van der Waals surface area contributed by atoms with Gasteiger partial charge in [-0.25, -0.2) is 4.98 Å². The summed E-state index contributed by atoms with van der Waals surface area (Å²) in [7, 11) is 0. The lowest BCUT2D eigenvalue weighted by atomic mass is 10.0. The quantitative estimate of drug-likeness (QED) is 0.715. The molecule has 7 heteroatoms. The monoisotopic (exact) mass is 388 g/mol. The van der Waals surface area contributed by atoms with Gasteiger partial charge in [-0.05, 0) is 37.1 Å². The third-order valence-electron chi connectivity index (χ3n) is 5.18. The summed E-state index contributed by atoms with van der Waals surface area (Å²) in [6.45, 7) is 2.65. The average Bonchev–Trinajstić information content (AvgIpc) is 2.73. The molecule has 2 aromatic carbocycles. The van der Waals surface area contributed by atoms with Crippen molar-refractivity contribution in [2.75, 3.05) is 6.54 Å². The number of amides is 2. The van der Waals surface area contributed by atoms with Crippen molar-refractivity contribution in [3.63, 3.8) is 0 Å². The first kappa shape index (κ1) is 18.6. The number of carbonyl (C=O) groups is 2. The lowest BCUT2D eigenvalue weighted by Gasteiger charge is -2.28. The van der Waals surface area contributed by atoms with Crippen molar-refractivity contribution in [1.29, 1.82) is 0 Å². The fraction of sp³-hybridized carbons (Fsp3) is 0.182. The maximum Gasteiger partial charge on any atom is 0.254 e. The molecule has 0 aliphatic carbocycles. The van der Waals surface area contributed by atoms with E-state index in [-0.39, 0.29) is 18.0 Å². The zero-order chi connectivity index (χ0) is 20.5. The van der Waals surface area contributed by atoms with E-state index in [1.165, 1.54) is 0 Å². The molecule has 2 amide bonds. The molecule has 0 radical (unpaired) electrons. The molecule has 1 aliphatic rings. The number of nitrogens with one attached hydrogen (secondary N) is 1. The number of rotatable bonds is 3. The molecular formula is C22H20N4O3. The SMILES string of the molecule is Cc1ccccc1C(=O)N1CCc2c(nc(-c3ccc(C(N)=O)cc3)[nH]c2=O)C1. The highest BCUT2D eigenvalue weighted by atomic mass is 16.2. The van der Waals surface area contributed by atoms with E-state index in [0.29, 0.717) is 46.7 Å². The molecule has 0 fully saturated rings. The van der Waals surface area contributed by atoms with Crippen molar-refractivity contribution in [2.24, 2.45) is 5.73 Å². The van der Waals surface area contributed by atoms with Gasteiger partial charge in [0.15, 0.2) is 0 Å². The fourth-order valence-corrected chi connectivity index (χ4v) is 3.53. The Morgan fingerprint density at radius 2 is 1.83 bits per heavy atom. The first-order valence-electron chi connectivity index (χ1n) is 9.31. The molecule has 2 heterocycles. The number of nitrogens with zero attached hydrogens (tertiary/aromatic N) is 2. The lowest BCUT2D eigenvalue weighted by molar-refractivity contribution is 0.0730. The van der Waals surface area contributed by atoms with Crippen molar-refractivity contribution in [3.05, 3.63) is 86.8 Å². The number of benzene rings is 2. The summed E-state index contributed by atoms with van der Waals surface area (Å²) >= 11 is 0. The highest BCUT2D eigenvalue weighted by Gasteiger charge is 2.26. The Morgan fingerprint density at radius 3 is 2.52 bits per heavy atom. The van der Waals surface area contributed by atoms with Crippen LogP contribution in [0, 0.1) is 6.92 Å². The maximum absolute atomic E-state index is 12.9. The zero-order valence-corrected chi connectivity index (χ0v) is 15.9. The summed E-state index contributed by atoms with van der Waals surface area (Å²) in [6, 6.07) is 14.0. The molecule has 3 N–H and O–H groups in total. The second-order valence-electron chi connectivity index (χ2n) is 7.07. The van der Waals surface area contributed by atoms with E-state index in [1.807, 2.05) is 31.2 Å². The van der Waals surface area contributed by atoms with E-state index in [1.54, 1.807) is 29.2 Å². The first-order chi connectivity index (χ1) is 13.9. The van der Waals surface area contributed by atoms with E-state index in [4.69, 9.17) is 5.73 Å². The van der Waals surface area contributed by atoms with Gasteiger partial charge in [0.1, 0.15) is 5.82 Å². The second-order valence-corrected chi connectivity index (χ2v) is 7.07. The summed E-state index contributed by atoms with van der Waals surface area (Å²) in [4.78, 5) is 45.9. The molecule has 0 bridgehead atoms. The van der Waals surface area contributed by atoms with Crippen LogP contribution in [0.25, 0.3) is 11.4 Å². The van der Waals surface area contributed by atoms with Crippen molar-refractivity contribution in [2.45, 2.75) is 19.9 Å². The maximum atomic E-state index is 12.9. The largest absolute Gasteiger partial charge is 0.366 e. The Labute approximate surface area is 167 Å². The van der Waals surface area contributed by atoms with E-state index in [2.05, 4.69) is 9.97 Å². The van der Waals surface area contributed by atoms with Crippen LogP contribution in [0.2, 0.25) is 0 Å². The van der Waals surface area contributed by atoms with Crippen molar-refractivity contribution < 1.29 is 9.59 Å². The van der Waals surface area contributed by atoms with Crippen LogP contribution in [-0.4, -0.2) is 33.2 Å². The molecule has 0 spiro atoms. The van der Waals surface area contributed by atoms with Crippen molar-refractivity contribution in [3.8, 4) is 11.4 Å². The lowest BCUT2D eigenvalue weighted by Crippen LogP contribution is -2.39. The van der Waals surface area contributed by atoms with Gasteiger partial charge in [-0.3, -0.25) is 14.4 Å². The number of aromatic nitrogens is 2. The number of aromatic amines is 1.